The molecule has 2 bridgehead atoms. The summed E-state index contributed by atoms with van der Waals surface area (Å²) in [6, 6.07) is 1.48. The molecule has 1 heteroatoms. The molecule has 4 atom stereocenters. The van der Waals surface area contributed by atoms with Gasteiger partial charge in [0.2, 0.25) is 0 Å². The molecule has 0 spiro atoms. The number of rotatable bonds is 3. The van der Waals surface area contributed by atoms with Crippen LogP contribution in [0.25, 0.3) is 0 Å². The van der Waals surface area contributed by atoms with E-state index in [9.17, 15) is 0 Å². The molecule has 0 amide bonds. The van der Waals surface area contributed by atoms with Crippen LogP contribution < -0.4 is 5.32 Å². The second kappa shape index (κ2) is 4.23. The number of nitrogens with one attached hydrogen (secondary N) is 1. The Morgan fingerprint density at radius 3 is 2.28 bits per heavy atom. The van der Waals surface area contributed by atoms with Crippen molar-refractivity contribution in [2.45, 2.75) is 84.7 Å². The van der Waals surface area contributed by atoms with Crippen molar-refractivity contribution in [3.05, 3.63) is 0 Å². The Morgan fingerprint density at radius 2 is 1.72 bits per heavy atom. The average molecular weight is 249 g/mol. The predicted molar refractivity (Wildman–Crippen MR) is 77.6 cm³/mol. The Balaban J connectivity index is 1.71. The van der Waals surface area contributed by atoms with Crippen molar-refractivity contribution in [2.75, 3.05) is 0 Å². The van der Waals surface area contributed by atoms with E-state index in [1.807, 2.05) is 0 Å². The van der Waals surface area contributed by atoms with Gasteiger partial charge in [-0.1, -0.05) is 33.6 Å². The van der Waals surface area contributed by atoms with Gasteiger partial charge in [0.15, 0.2) is 0 Å². The maximum Gasteiger partial charge on any atom is 0.0177 e. The molecule has 3 fully saturated rings. The fraction of sp³-hybridized carbons (Fsp3) is 1.00. The molecule has 3 aliphatic carbocycles. The highest BCUT2D eigenvalue weighted by molar-refractivity contribution is 5.12. The fourth-order valence-electron chi connectivity index (χ4n) is 5.57. The molecule has 0 heterocycles. The standard InChI is InChI=1S/C17H31N/c1-12(13-7-5-6-8-13)18-15-16(2,3)14-9-10-17(15,4)11-14/h12-15,18H,5-11H2,1-4H3. The Kier molecular flexibility index (Phi) is 3.05. The van der Waals surface area contributed by atoms with Crippen LogP contribution >= 0.6 is 0 Å². The van der Waals surface area contributed by atoms with E-state index in [-0.39, 0.29) is 0 Å². The topological polar surface area (TPSA) is 12.0 Å². The van der Waals surface area contributed by atoms with Crippen LogP contribution in [0, 0.1) is 22.7 Å². The summed E-state index contributed by atoms with van der Waals surface area (Å²) in [4.78, 5) is 0. The van der Waals surface area contributed by atoms with Gasteiger partial charge in [-0.05, 0) is 61.7 Å². The largest absolute Gasteiger partial charge is 0.310 e. The van der Waals surface area contributed by atoms with Gasteiger partial charge in [-0.2, -0.15) is 0 Å². The van der Waals surface area contributed by atoms with E-state index in [4.69, 9.17) is 0 Å². The highest BCUT2D eigenvalue weighted by Crippen LogP contribution is 2.62. The average Bonchev–Trinajstić information content (AvgIpc) is 2.96. The maximum atomic E-state index is 4.08. The summed E-state index contributed by atoms with van der Waals surface area (Å²) in [5, 5.41) is 4.08. The van der Waals surface area contributed by atoms with Crippen molar-refractivity contribution >= 4 is 0 Å². The highest BCUT2D eigenvalue weighted by atomic mass is 15.0. The summed E-state index contributed by atoms with van der Waals surface area (Å²) in [7, 11) is 0. The zero-order chi connectivity index (χ0) is 13.0. The van der Waals surface area contributed by atoms with E-state index in [0.29, 0.717) is 10.8 Å². The van der Waals surface area contributed by atoms with Crippen molar-refractivity contribution in [3.8, 4) is 0 Å². The highest BCUT2D eigenvalue weighted by Gasteiger charge is 2.59. The van der Waals surface area contributed by atoms with Gasteiger partial charge in [-0.25, -0.2) is 0 Å². The van der Waals surface area contributed by atoms with Gasteiger partial charge in [0, 0.05) is 12.1 Å². The molecule has 1 nitrogen and oxygen atoms in total. The minimum atomic E-state index is 0.514. The molecule has 0 aliphatic heterocycles. The van der Waals surface area contributed by atoms with Gasteiger partial charge < -0.3 is 5.32 Å². The molecule has 0 radical (unpaired) electrons. The second-order valence-corrected chi connectivity index (χ2v) is 8.35. The third-order valence-electron chi connectivity index (χ3n) is 6.81. The lowest BCUT2D eigenvalue weighted by Gasteiger charge is -2.45. The molecule has 18 heavy (non-hydrogen) atoms. The molecule has 0 aromatic rings. The van der Waals surface area contributed by atoms with Crippen LogP contribution in [0.15, 0.2) is 0 Å². The van der Waals surface area contributed by atoms with Crippen LogP contribution in [0.3, 0.4) is 0 Å². The van der Waals surface area contributed by atoms with Crippen LogP contribution in [-0.4, -0.2) is 12.1 Å². The van der Waals surface area contributed by atoms with E-state index < -0.39 is 0 Å². The van der Waals surface area contributed by atoms with Crippen LogP contribution in [0.5, 0.6) is 0 Å². The molecule has 1 N–H and O–H groups in total. The molecule has 0 saturated heterocycles. The number of fused-ring (bicyclic) bond motifs is 2. The zero-order valence-electron chi connectivity index (χ0n) is 12.8. The van der Waals surface area contributed by atoms with Crippen molar-refractivity contribution < 1.29 is 0 Å². The number of hydrogen-bond donors (Lipinski definition) is 1. The first-order valence-electron chi connectivity index (χ1n) is 8.19. The SMILES string of the molecule is CC(NC1C2(C)CCC(C2)C1(C)C)C1CCCC1. The molecule has 4 unspecified atom stereocenters. The first kappa shape index (κ1) is 13.0. The lowest BCUT2D eigenvalue weighted by atomic mass is 9.68. The summed E-state index contributed by atoms with van der Waals surface area (Å²) >= 11 is 0. The Labute approximate surface area is 113 Å². The summed E-state index contributed by atoms with van der Waals surface area (Å²) in [6.45, 7) is 10.0. The molecular formula is C17H31N. The zero-order valence-corrected chi connectivity index (χ0v) is 12.8. The molecule has 3 aliphatic rings. The summed E-state index contributed by atoms with van der Waals surface area (Å²) in [6.07, 6.45) is 10.2. The first-order valence-corrected chi connectivity index (χ1v) is 8.19. The van der Waals surface area contributed by atoms with Crippen molar-refractivity contribution in [3.63, 3.8) is 0 Å². The summed E-state index contributed by atoms with van der Waals surface area (Å²) in [5.74, 6) is 1.92. The molecule has 0 aromatic heterocycles. The monoisotopic (exact) mass is 249 g/mol. The van der Waals surface area contributed by atoms with E-state index >= 15 is 0 Å². The van der Waals surface area contributed by atoms with Gasteiger partial charge >= 0.3 is 0 Å². The Hall–Kier alpha value is -0.0400. The molecule has 3 saturated carbocycles. The van der Waals surface area contributed by atoms with E-state index in [1.54, 1.807) is 0 Å². The molecular weight excluding hydrogens is 218 g/mol. The number of hydrogen-bond acceptors (Lipinski definition) is 1. The molecule has 104 valence electrons. The molecule has 3 rings (SSSR count). The van der Waals surface area contributed by atoms with Crippen molar-refractivity contribution in [1.29, 1.82) is 0 Å². The summed E-state index contributed by atoms with van der Waals surface area (Å²) < 4.78 is 0. The van der Waals surface area contributed by atoms with Crippen LogP contribution in [0.1, 0.15) is 72.6 Å². The van der Waals surface area contributed by atoms with Gasteiger partial charge in [0.25, 0.3) is 0 Å². The fourth-order valence-corrected chi connectivity index (χ4v) is 5.57. The van der Waals surface area contributed by atoms with Gasteiger partial charge in [0.05, 0.1) is 0 Å². The lowest BCUT2D eigenvalue weighted by Crippen LogP contribution is -2.54. The van der Waals surface area contributed by atoms with E-state index in [1.165, 1.54) is 44.9 Å². The predicted octanol–water partition coefficient (Wildman–Crippen LogP) is 4.37. The van der Waals surface area contributed by atoms with Crippen LogP contribution in [-0.2, 0) is 0 Å². The minimum Gasteiger partial charge on any atom is -0.310 e. The first-order chi connectivity index (χ1) is 8.43. The van der Waals surface area contributed by atoms with Gasteiger partial charge in [-0.3, -0.25) is 0 Å². The van der Waals surface area contributed by atoms with Crippen LogP contribution in [0.2, 0.25) is 0 Å². The Morgan fingerprint density at radius 1 is 1.06 bits per heavy atom. The summed E-state index contributed by atoms with van der Waals surface area (Å²) in [5.41, 5.74) is 1.10. The normalized spacial score (nSPS) is 44.7. The maximum absolute atomic E-state index is 4.08. The quantitative estimate of drug-likeness (QED) is 0.783. The van der Waals surface area contributed by atoms with Gasteiger partial charge in [-0.15, -0.1) is 0 Å². The third-order valence-corrected chi connectivity index (χ3v) is 6.81. The second-order valence-electron chi connectivity index (χ2n) is 8.35. The minimum absolute atomic E-state index is 0.514. The molecule has 0 aromatic carbocycles. The third kappa shape index (κ3) is 1.85. The van der Waals surface area contributed by atoms with Crippen LogP contribution in [0.4, 0.5) is 0 Å². The van der Waals surface area contributed by atoms with Gasteiger partial charge in [0.1, 0.15) is 0 Å². The van der Waals surface area contributed by atoms with E-state index in [2.05, 4.69) is 33.0 Å². The van der Waals surface area contributed by atoms with Crippen molar-refractivity contribution in [2.24, 2.45) is 22.7 Å². The van der Waals surface area contributed by atoms with E-state index in [0.717, 1.165) is 23.9 Å². The van der Waals surface area contributed by atoms with Crippen molar-refractivity contribution in [1.82, 2.24) is 5.32 Å². The lowest BCUT2D eigenvalue weighted by molar-refractivity contribution is 0.0922. The Bertz CT molecular complexity index is 311. The smallest absolute Gasteiger partial charge is 0.0177 e.